The number of morpholine rings is 1. The molecule has 2 heterocycles. The average Bonchev–Trinajstić information content (AvgIpc) is 2.44. The lowest BCUT2D eigenvalue weighted by molar-refractivity contribution is 0.0526. The molecule has 0 saturated carbocycles. The lowest BCUT2D eigenvalue weighted by Gasteiger charge is -2.31. The highest BCUT2D eigenvalue weighted by atomic mass is 16.5. The normalized spacial score (nSPS) is 19.0. The average molecular weight is 280 g/mol. The third-order valence-electron chi connectivity index (χ3n) is 3.07. The van der Waals surface area contributed by atoms with Crippen molar-refractivity contribution >= 4 is 17.8 Å². The molecule has 20 heavy (non-hydrogen) atoms. The maximum atomic E-state index is 5.56. The van der Waals surface area contributed by atoms with Gasteiger partial charge in [0.2, 0.25) is 17.8 Å². The van der Waals surface area contributed by atoms with Gasteiger partial charge in [-0.25, -0.2) is 0 Å². The predicted molar refractivity (Wildman–Crippen MR) is 80.6 cm³/mol. The molecule has 112 valence electrons. The summed E-state index contributed by atoms with van der Waals surface area (Å²) in [5, 5.41) is 3.23. The van der Waals surface area contributed by atoms with E-state index < -0.39 is 0 Å². The first kappa shape index (κ1) is 14.8. The molecule has 1 fully saturated rings. The van der Waals surface area contributed by atoms with Gasteiger partial charge in [-0.05, 0) is 13.3 Å². The van der Waals surface area contributed by atoms with Gasteiger partial charge in [-0.3, -0.25) is 0 Å². The van der Waals surface area contributed by atoms with Crippen molar-refractivity contribution in [2.75, 3.05) is 55.5 Å². The third kappa shape index (κ3) is 3.69. The summed E-state index contributed by atoms with van der Waals surface area (Å²) in [7, 11) is 3.87. The van der Waals surface area contributed by atoms with Crippen LogP contribution in [0.25, 0.3) is 0 Å². The van der Waals surface area contributed by atoms with Gasteiger partial charge in [-0.15, -0.1) is 0 Å². The summed E-state index contributed by atoms with van der Waals surface area (Å²) < 4.78 is 5.56. The molecule has 7 nitrogen and oxygen atoms in total. The van der Waals surface area contributed by atoms with Crippen LogP contribution in [-0.2, 0) is 4.74 Å². The van der Waals surface area contributed by atoms with Crippen LogP contribution in [0, 0.1) is 0 Å². The van der Waals surface area contributed by atoms with E-state index in [0.29, 0.717) is 18.5 Å². The standard InChI is InChI=1S/C13H24N6O/c1-5-6-14-11-15-12(18(3)4)17-13(16-11)19-7-8-20-10(2)9-19/h10H,5-9H2,1-4H3,(H,14,15,16,17). The summed E-state index contributed by atoms with van der Waals surface area (Å²) in [6, 6.07) is 0. The number of nitrogens with one attached hydrogen (secondary N) is 1. The largest absolute Gasteiger partial charge is 0.375 e. The number of anilines is 3. The number of nitrogens with zero attached hydrogens (tertiary/aromatic N) is 5. The zero-order valence-electron chi connectivity index (χ0n) is 12.8. The Kier molecular flexibility index (Phi) is 4.94. The van der Waals surface area contributed by atoms with E-state index in [2.05, 4.69) is 39.0 Å². The van der Waals surface area contributed by atoms with Gasteiger partial charge >= 0.3 is 0 Å². The van der Waals surface area contributed by atoms with Crippen molar-refractivity contribution in [3.63, 3.8) is 0 Å². The van der Waals surface area contributed by atoms with Crippen molar-refractivity contribution in [3.8, 4) is 0 Å². The van der Waals surface area contributed by atoms with Crippen LogP contribution in [0.15, 0.2) is 0 Å². The first-order valence-electron chi connectivity index (χ1n) is 7.14. The quantitative estimate of drug-likeness (QED) is 0.862. The molecule has 2 rings (SSSR count). The Labute approximate surface area is 120 Å². The van der Waals surface area contributed by atoms with Crippen LogP contribution < -0.4 is 15.1 Å². The molecule has 1 atom stereocenters. The van der Waals surface area contributed by atoms with Crippen molar-refractivity contribution in [3.05, 3.63) is 0 Å². The Morgan fingerprint density at radius 1 is 1.35 bits per heavy atom. The third-order valence-corrected chi connectivity index (χ3v) is 3.07. The van der Waals surface area contributed by atoms with E-state index in [1.807, 2.05) is 19.0 Å². The first-order chi connectivity index (χ1) is 9.60. The van der Waals surface area contributed by atoms with Crippen LogP contribution in [0.4, 0.5) is 17.8 Å². The monoisotopic (exact) mass is 280 g/mol. The molecule has 1 saturated heterocycles. The fourth-order valence-corrected chi connectivity index (χ4v) is 2.01. The van der Waals surface area contributed by atoms with E-state index in [-0.39, 0.29) is 6.10 Å². The lowest BCUT2D eigenvalue weighted by atomic mass is 10.3. The molecule has 0 spiro atoms. The second-order valence-electron chi connectivity index (χ2n) is 5.21. The highest BCUT2D eigenvalue weighted by Crippen LogP contribution is 2.17. The maximum Gasteiger partial charge on any atom is 0.232 e. The highest BCUT2D eigenvalue weighted by molar-refractivity contribution is 5.44. The fraction of sp³-hybridized carbons (Fsp3) is 0.769. The van der Waals surface area contributed by atoms with Gasteiger partial charge in [-0.1, -0.05) is 6.92 Å². The molecule has 1 aliphatic heterocycles. The number of hydrogen-bond acceptors (Lipinski definition) is 7. The SMILES string of the molecule is CCCNc1nc(N(C)C)nc(N2CCOC(C)C2)n1. The molecule has 1 aromatic heterocycles. The summed E-state index contributed by atoms with van der Waals surface area (Å²) in [5.41, 5.74) is 0. The number of hydrogen-bond donors (Lipinski definition) is 1. The van der Waals surface area contributed by atoms with Crippen molar-refractivity contribution in [1.29, 1.82) is 0 Å². The molecule has 0 amide bonds. The molecule has 7 heteroatoms. The van der Waals surface area contributed by atoms with Gasteiger partial charge in [0.1, 0.15) is 0 Å². The molecule has 0 bridgehead atoms. The molecular formula is C13H24N6O. The zero-order chi connectivity index (χ0) is 14.5. The second kappa shape index (κ2) is 6.69. The summed E-state index contributed by atoms with van der Waals surface area (Å²) >= 11 is 0. The van der Waals surface area contributed by atoms with Crippen molar-refractivity contribution in [2.24, 2.45) is 0 Å². The van der Waals surface area contributed by atoms with Crippen LogP contribution >= 0.6 is 0 Å². The van der Waals surface area contributed by atoms with E-state index in [4.69, 9.17) is 4.74 Å². The van der Waals surface area contributed by atoms with Gasteiger partial charge in [0, 0.05) is 33.7 Å². The van der Waals surface area contributed by atoms with E-state index in [0.717, 1.165) is 32.0 Å². The van der Waals surface area contributed by atoms with Crippen molar-refractivity contribution in [1.82, 2.24) is 15.0 Å². The highest BCUT2D eigenvalue weighted by Gasteiger charge is 2.20. The molecule has 1 aliphatic rings. The van der Waals surface area contributed by atoms with E-state index in [1.54, 1.807) is 0 Å². The van der Waals surface area contributed by atoms with Crippen molar-refractivity contribution < 1.29 is 4.74 Å². The Bertz CT molecular complexity index is 439. The Morgan fingerprint density at radius 3 is 2.80 bits per heavy atom. The van der Waals surface area contributed by atoms with Crippen LogP contribution in [0.5, 0.6) is 0 Å². The topological polar surface area (TPSA) is 66.4 Å². The van der Waals surface area contributed by atoms with E-state index >= 15 is 0 Å². The van der Waals surface area contributed by atoms with E-state index in [9.17, 15) is 0 Å². The molecule has 1 N–H and O–H groups in total. The second-order valence-corrected chi connectivity index (χ2v) is 5.21. The van der Waals surface area contributed by atoms with Gasteiger partial charge < -0.3 is 19.9 Å². The lowest BCUT2D eigenvalue weighted by Crippen LogP contribution is -2.42. The molecule has 0 radical (unpaired) electrons. The number of aromatic nitrogens is 3. The molecule has 0 aromatic carbocycles. The smallest absolute Gasteiger partial charge is 0.232 e. The number of rotatable bonds is 5. The van der Waals surface area contributed by atoms with Gasteiger partial charge in [0.05, 0.1) is 12.7 Å². The van der Waals surface area contributed by atoms with Crippen LogP contribution in [-0.4, -0.2) is 61.4 Å². The Morgan fingerprint density at radius 2 is 2.15 bits per heavy atom. The molecule has 1 unspecified atom stereocenters. The minimum absolute atomic E-state index is 0.204. The minimum atomic E-state index is 0.204. The van der Waals surface area contributed by atoms with Crippen LogP contribution in [0.2, 0.25) is 0 Å². The van der Waals surface area contributed by atoms with Crippen molar-refractivity contribution in [2.45, 2.75) is 26.4 Å². The predicted octanol–water partition coefficient (Wildman–Crippen LogP) is 0.985. The maximum absolute atomic E-state index is 5.56. The summed E-state index contributed by atoms with van der Waals surface area (Å²) in [5.74, 6) is 2.03. The zero-order valence-corrected chi connectivity index (χ0v) is 12.8. The van der Waals surface area contributed by atoms with Gasteiger partial charge in [0.25, 0.3) is 0 Å². The Hall–Kier alpha value is -1.63. The first-order valence-corrected chi connectivity index (χ1v) is 7.14. The summed E-state index contributed by atoms with van der Waals surface area (Å²) in [6.45, 7) is 7.37. The number of ether oxygens (including phenoxy) is 1. The van der Waals surface area contributed by atoms with Gasteiger partial charge in [-0.2, -0.15) is 15.0 Å². The molecular weight excluding hydrogens is 256 g/mol. The molecule has 0 aliphatic carbocycles. The molecule has 1 aromatic rings. The summed E-state index contributed by atoms with van der Waals surface area (Å²) in [4.78, 5) is 17.5. The summed E-state index contributed by atoms with van der Waals surface area (Å²) in [6.07, 6.45) is 1.24. The van der Waals surface area contributed by atoms with Gasteiger partial charge in [0.15, 0.2) is 0 Å². The Balaban J connectivity index is 2.23. The fourth-order valence-electron chi connectivity index (χ4n) is 2.01. The van der Waals surface area contributed by atoms with Crippen LogP contribution in [0.3, 0.4) is 0 Å². The van der Waals surface area contributed by atoms with E-state index in [1.165, 1.54) is 0 Å². The van der Waals surface area contributed by atoms with Crippen LogP contribution in [0.1, 0.15) is 20.3 Å². The minimum Gasteiger partial charge on any atom is -0.375 e.